The fraction of sp³-hybridized carbons (Fsp3) is 0.333. The number of sulfonamides is 1. The Labute approximate surface area is 129 Å². The minimum atomic E-state index is -3.47. The summed E-state index contributed by atoms with van der Waals surface area (Å²) >= 11 is 1.70. The van der Waals surface area contributed by atoms with E-state index in [0.717, 1.165) is 12.0 Å². The topological polar surface area (TPSA) is 46.6 Å². The van der Waals surface area contributed by atoms with Crippen molar-refractivity contribution in [2.75, 3.05) is 13.7 Å². The van der Waals surface area contributed by atoms with Crippen molar-refractivity contribution < 1.29 is 13.2 Å². The van der Waals surface area contributed by atoms with Crippen molar-refractivity contribution in [1.29, 1.82) is 0 Å². The highest BCUT2D eigenvalue weighted by atomic mass is 32.2. The Morgan fingerprint density at radius 2 is 1.95 bits per heavy atom. The SMILES string of the molecule is COc1ccc(S(=O)(=O)N2CCc3sccc3[C@@H]2C)cc1. The highest BCUT2D eigenvalue weighted by Crippen LogP contribution is 2.36. The number of methoxy groups -OCH3 is 1. The number of benzene rings is 1. The lowest BCUT2D eigenvalue weighted by Gasteiger charge is -2.32. The summed E-state index contributed by atoms with van der Waals surface area (Å²) in [5.41, 5.74) is 1.13. The molecule has 0 aliphatic carbocycles. The second-order valence-corrected chi connectivity index (χ2v) is 7.91. The van der Waals surface area contributed by atoms with E-state index in [1.807, 2.05) is 18.4 Å². The van der Waals surface area contributed by atoms with Crippen LogP contribution in [0, 0.1) is 0 Å². The van der Waals surface area contributed by atoms with Crippen molar-refractivity contribution in [3.8, 4) is 5.75 Å². The van der Waals surface area contributed by atoms with E-state index >= 15 is 0 Å². The molecule has 2 aromatic rings. The minimum absolute atomic E-state index is 0.118. The Balaban J connectivity index is 1.95. The Morgan fingerprint density at radius 1 is 1.24 bits per heavy atom. The Hall–Kier alpha value is -1.37. The van der Waals surface area contributed by atoms with E-state index in [1.54, 1.807) is 47.0 Å². The molecule has 6 heteroatoms. The zero-order chi connectivity index (χ0) is 15.0. The lowest BCUT2D eigenvalue weighted by molar-refractivity contribution is 0.329. The highest BCUT2D eigenvalue weighted by molar-refractivity contribution is 7.89. The average Bonchev–Trinajstić information content (AvgIpc) is 2.97. The van der Waals surface area contributed by atoms with Crippen LogP contribution in [0.4, 0.5) is 0 Å². The van der Waals surface area contributed by atoms with E-state index in [0.29, 0.717) is 17.2 Å². The van der Waals surface area contributed by atoms with Gasteiger partial charge < -0.3 is 4.74 Å². The third kappa shape index (κ3) is 2.47. The van der Waals surface area contributed by atoms with Gasteiger partial charge in [0.15, 0.2) is 0 Å². The molecule has 0 radical (unpaired) electrons. The fourth-order valence-corrected chi connectivity index (χ4v) is 5.27. The van der Waals surface area contributed by atoms with Crippen LogP contribution in [-0.2, 0) is 16.4 Å². The molecule has 21 heavy (non-hydrogen) atoms. The average molecular weight is 323 g/mol. The van der Waals surface area contributed by atoms with Gasteiger partial charge in [-0.25, -0.2) is 8.42 Å². The van der Waals surface area contributed by atoms with Gasteiger partial charge in [0.05, 0.1) is 12.0 Å². The van der Waals surface area contributed by atoms with Crippen molar-refractivity contribution >= 4 is 21.4 Å². The maximum Gasteiger partial charge on any atom is 0.243 e. The quantitative estimate of drug-likeness (QED) is 0.872. The van der Waals surface area contributed by atoms with Crippen molar-refractivity contribution in [3.63, 3.8) is 0 Å². The van der Waals surface area contributed by atoms with Crippen molar-refractivity contribution in [2.45, 2.75) is 24.3 Å². The summed E-state index contributed by atoms with van der Waals surface area (Å²) in [5, 5.41) is 2.03. The lowest BCUT2D eigenvalue weighted by atomic mass is 10.0. The highest BCUT2D eigenvalue weighted by Gasteiger charge is 2.34. The van der Waals surface area contributed by atoms with E-state index in [2.05, 4.69) is 0 Å². The molecule has 0 saturated heterocycles. The van der Waals surface area contributed by atoms with Crippen LogP contribution in [0.3, 0.4) is 0 Å². The molecule has 1 atom stereocenters. The van der Waals surface area contributed by atoms with Gasteiger partial charge in [0.25, 0.3) is 0 Å². The largest absolute Gasteiger partial charge is 0.497 e. The molecule has 1 aromatic carbocycles. The molecule has 0 fully saturated rings. The van der Waals surface area contributed by atoms with Gasteiger partial charge in [-0.15, -0.1) is 11.3 Å². The maximum atomic E-state index is 12.8. The van der Waals surface area contributed by atoms with Crippen LogP contribution in [0.2, 0.25) is 0 Å². The molecule has 0 N–H and O–H groups in total. The van der Waals surface area contributed by atoms with Crippen LogP contribution in [0.5, 0.6) is 5.75 Å². The zero-order valence-electron chi connectivity index (χ0n) is 11.9. The summed E-state index contributed by atoms with van der Waals surface area (Å²) in [5.74, 6) is 0.653. The first-order valence-corrected chi connectivity index (χ1v) is 9.08. The minimum Gasteiger partial charge on any atom is -0.497 e. The molecule has 1 aromatic heterocycles. The van der Waals surface area contributed by atoms with Crippen LogP contribution in [0.25, 0.3) is 0 Å². The Bertz CT molecular complexity index is 735. The molecule has 0 saturated carbocycles. The molecule has 0 spiro atoms. The maximum absolute atomic E-state index is 12.8. The van der Waals surface area contributed by atoms with Gasteiger partial charge in [-0.2, -0.15) is 4.31 Å². The lowest BCUT2D eigenvalue weighted by Crippen LogP contribution is -2.38. The Kier molecular flexibility index (Phi) is 3.77. The molecular weight excluding hydrogens is 306 g/mol. The van der Waals surface area contributed by atoms with Gasteiger partial charge in [0.1, 0.15) is 5.75 Å². The molecule has 4 nitrogen and oxygen atoms in total. The number of ether oxygens (including phenoxy) is 1. The van der Waals surface area contributed by atoms with E-state index < -0.39 is 10.0 Å². The second kappa shape index (κ2) is 5.44. The summed E-state index contributed by atoms with van der Waals surface area (Å²) in [6.07, 6.45) is 0.784. The number of nitrogens with zero attached hydrogens (tertiary/aromatic N) is 1. The molecule has 0 amide bonds. The zero-order valence-corrected chi connectivity index (χ0v) is 13.6. The normalized spacial score (nSPS) is 19.2. The van der Waals surface area contributed by atoms with Crippen LogP contribution >= 0.6 is 11.3 Å². The van der Waals surface area contributed by atoms with Crippen LogP contribution in [0.15, 0.2) is 40.6 Å². The van der Waals surface area contributed by atoms with Crippen LogP contribution < -0.4 is 4.74 Å². The van der Waals surface area contributed by atoms with E-state index in [-0.39, 0.29) is 6.04 Å². The van der Waals surface area contributed by atoms with E-state index in [4.69, 9.17) is 4.74 Å². The first kappa shape index (κ1) is 14.6. The van der Waals surface area contributed by atoms with E-state index in [1.165, 1.54) is 4.88 Å². The van der Waals surface area contributed by atoms with Gasteiger partial charge in [0, 0.05) is 17.5 Å². The molecule has 0 bridgehead atoms. The molecule has 1 aliphatic rings. The summed E-state index contributed by atoms with van der Waals surface area (Å²) in [7, 11) is -1.91. The fourth-order valence-electron chi connectivity index (χ4n) is 2.70. The molecule has 3 rings (SSSR count). The molecular formula is C15H17NO3S2. The van der Waals surface area contributed by atoms with Crippen molar-refractivity contribution in [1.82, 2.24) is 4.31 Å². The number of hydrogen-bond acceptors (Lipinski definition) is 4. The number of hydrogen-bond donors (Lipinski definition) is 0. The molecule has 0 unspecified atom stereocenters. The number of rotatable bonds is 3. The smallest absolute Gasteiger partial charge is 0.243 e. The summed E-state index contributed by atoms with van der Waals surface area (Å²) in [6, 6.07) is 8.47. The summed E-state index contributed by atoms with van der Waals surface area (Å²) in [6.45, 7) is 2.48. The van der Waals surface area contributed by atoms with Gasteiger partial charge in [-0.05, 0) is 54.6 Å². The molecule has 2 heterocycles. The third-order valence-electron chi connectivity index (χ3n) is 3.89. The first-order chi connectivity index (χ1) is 10.0. The number of fused-ring (bicyclic) bond motifs is 1. The van der Waals surface area contributed by atoms with Crippen LogP contribution in [0.1, 0.15) is 23.4 Å². The second-order valence-electron chi connectivity index (χ2n) is 5.02. The first-order valence-electron chi connectivity index (χ1n) is 6.76. The van der Waals surface area contributed by atoms with Gasteiger partial charge in [0.2, 0.25) is 10.0 Å². The monoisotopic (exact) mass is 323 g/mol. The standard InChI is InChI=1S/C15H17NO3S2/c1-11-14-8-10-20-15(14)7-9-16(11)21(17,18)13-5-3-12(19-2)4-6-13/h3-6,8,10-11H,7,9H2,1-2H3/t11-/m0/s1. The van der Waals surface area contributed by atoms with E-state index in [9.17, 15) is 8.42 Å². The summed E-state index contributed by atoms with van der Waals surface area (Å²) in [4.78, 5) is 1.61. The summed E-state index contributed by atoms with van der Waals surface area (Å²) < 4.78 is 32.3. The van der Waals surface area contributed by atoms with Gasteiger partial charge >= 0.3 is 0 Å². The van der Waals surface area contributed by atoms with Crippen molar-refractivity contribution in [3.05, 3.63) is 46.2 Å². The molecule has 112 valence electrons. The van der Waals surface area contributed by atoms with Gasteiger partial charge in [-0.3, -0.25) is 0 Å². The van der Waals surface area contributed by atoms with Gasteiger partial charge in [-0.1, -0.05) is 0 Å². The Morgan fingerprint density at radius 3 is 2.62 bits per heavy atom. The predicted molar refractivity (Wildman–Crippen MR) is 83.3 cm³/mol. The third-order valence-corrected chi connectivity index (χ3v) is 6.87. The molecule has 1 aliphatic heterocycles. The predicted octanol–water partition coefficient (Wildman–Crippen LogP) is 3.06. The van der Waals surface area contributed by atoms with Crippen molar-refractivity contribution in [2.24, 2.45) is 0 Å². The number of thiophene rings is 1. The van der Waals surface area contributed by atoms with Crippen LogP contribution in [-0.4, -0.2) is 26.4 Å².